The number of nitrogens with one attached hydrogen (secondary N) is 2. The highest BCUT2D eigenvalue weighted by Crippen LogP contribution is 2.47. The maximum Gasteiger partial charge on any atom is 0.411 e. The Morgan fingerprint density at radius 1 is 1.03 bits per heavy atom. The van der Waals surface area contributed by atoms with Gasteiger partial charge in [0.2, 0.25) is 0 Å². The summed E-state index contributed by atoms with van der Waals surface area (Å²) < 4.78 is 4.66. The lowest BCUT2D eigenvalue weighted by atomic mass is 9.70. The third-order valence-electron chi connectivity index (χ3n) is 7.95. The first kappa shape index (κ1) is 20.7. The van der Waals surface area contributed by atoms with Crippen LogP contribution >= 0.6 is 0 Å². The Labute approximate surface area is 185 Å². The number of hydrogen-bond acceptors (Lipinski definition) is 4. The van der Waals surface area contributed by atoms with Gasteiger partial charge in [-0.05, 0) is 72.7 Å². The molecule has 5 rings (SSSR count). The summed E-state index contributed by atoms with van der Waals surface area (Å²) in [5.41, 5.74) is 4.51. The molecule has 2 heterocycles. The molecule has 0 spiro atoms. The Morgan fingerprint density at radius 2 is 1.81 bits per heavy atom. The van der Waals surface area contributed by atoms with Gasteiger partial charge in [0.05, 0.1) is 7.11 Å². The van der Waals surface area contributed by atoms with E-state index in [1.807, 2.05) is 12.1 Å². The Bertz CT molecular complexity index is 850. The molecule has 166 valence electrons. The highest BCUT2D eigenvalue weighted by atomic mass is 16.5. The summed E-state index contributed by atoms with van der Waals surface area (Å²) in [5, 5.41) is 6.67. The predicted octanol–water partition coefficient (Wildman–Crippen LogP) is 5.64. The molecule has 2 N–H and O–H groups in total. The van der Waals surface area contributed by atoms with Crippen LogP contribution in [0.2, 0.25) is 0 Å². The van der Waals surface area contributed by atoms with E-state index < -0.39 is 6.09 Å². The van der Waals surface area contributed by atoms with Crippen molar-refractivity contribution in [3.05, 3.63) is 36.0 Å². The van der Waals surface area contributed by atoms with Crippen molar-refractivity contribution in [3.63, 3.8) is 0 Å². The molecule has 2 saturated carbocycles. The molecule has 3 fully saturated rings. The van der Waals surface area contributed by atoms with E-state index in [1.165, 1.54) is 81.9 Å². The number of amides is 1. The number of methoxy groups -OCH3 is 1. The van der Waals surface area contributed by atoms with E-state index in [4.69, 9.17) is 4.99 Å². The molecule has 1 aromatic rings. The van der Waals surface area contributed by atoms with Crippen LogP contribution in [0.25, 0.3) is 5.57 Å². The van der Waals surface area contributed by atoms with Crippen molar-refractivity contribution in [2.45, 2.75) is 63.8 Å². The Hall–Kier alpha value is -2.14. The van der Waals surface area contributed by atoms with E-state index in [1.54, 1.807) is 0 Å². The summed E-state index contributed by atoms with van der Waals surface area (Å²) in [6.07, 6.45) is 14.0. The summed E-state index contributed by atoms with van der Waals surface area (Å²) in [5.74, 6) is 3.48. The van der Waals surface area contributed by atoms with Crippen LogP contribution in [0.4, 0.5) is 10.5 Å². The van der Waals surface area contributed by atoms with E-state index in [9.17, 15) is 4.79 Å². The molecule has 4 aliphatic rings. The molecule has 31 heavy (non-hydrogen) atoms. The molecule has 5 nitrogen and oxygen atoms in total. The van der Waals surface area contributed by atoms with E-state index in [-0.39, 0.29) is 0 Å². The van der Waals surface area contributed by atoms with E-state index in [0.29, 0.717) is 6.04 Å². The van der Waals surface area contributed by atoms with Crippen molar-refractivity contribution >= 4 is 23.1 Å². The van der Waals surface area contributed by atoms with Gasteiger partial charge in [-0.1, -0.05) is 44.2 Å². The maximum absolute atomic E-state index is 11.4. The largest absolute Gasteiger partial charge is 0.453 e. The zero-order valence-electron chi connectivity index (χ0n) is 18.6. The second kappa shape index (κ2) is 9.15. The SMILES string of the molecule is COC(=O)Nc1ccc(C2=CN=C(C3NCC(C4CCCCC4)CC3C3CC3)C2)cc1. The standard InChI is InChI=1S/C26H35N3O2/c1-31-26(30)29-22-11-9-18(10-12-22)21-14-24(27-15-21)25-23(19-7-8-19)13-20(16-28-25)17-5-3-2-4-6-17/h9-12,15,17,19-20,23,25,28H,2-8,13-14,16H2,1H3,(H,29,30). The number of hydrogen-bond donors (Lipinski definition) is 2. The first-order chi connectivity index (χ1) is 15.2. The molecular weight excluding hydrogens is 386 g/mol. The molecule has 1 amide bonds. The van der Waals surface area contributed by atoms with Gasteiger partial charge in [-0.2, -0.15) is 0 Å². The molecule has 2 aliphatic heterocycles. The number of piperidine rings is 1. The van der Waals surface area contributed by atoms with Gasteiger partial charge < -0.3 is 10.1 Å². The lowest BCUT2D eigenvalue weighted by Crippen LogP contribution is -2.52. The fourth-order valence-electron chi connectivity index (χ4n) is 6.07. The summed E-state index contributed by atoms with van der Waals surface area (Å²) >= 11 is 0. The van der Waals surface area contributed by atoms with Gasteiger partial charge in [0.25, 0.3) is 0 Å². The predicted molar refractivity (Wildman–Crippen MR) is 125 cm³/mol. The van der Waals surface area contributed by atoms with Crippen LogP contribution < -0.4 is 10.6 Å². The van der Waals surface area contributed by atoms with E-state index in [2.05, 4.69) is 33.7 Å². The van der Waals surface area contributed by atoms with Crippen molar-refractivity contribution < 1.29 is 9.53 Å². The van der Waals surface area contributed by atoms with Crippen LogP contribution in [0.15, 0.2) is 35.5 Å². The average molecular weight is 422 g/mol. The number of nitrogens with zero attached hydrogens (tertiary/aromatic N) is 1. The number of rotatable bonds is 5. The van der Waals surface area contributed by atoms with Gasteiger partial charge >= 0.3 is 6.09 Å². The van der Waals surface area contributed by atoms with Crippen molar-refractivity contribution in [3.8, 4) is 0 Å². The minimum atomic E-state index is -0.445. The van der Waals surface area contributed by atoms with Gasteiger partial charge in [0.15, 0.2) is 0 Å². The Morgan fingerprint density at radius 3 is 2.52 bits per heavy atom. The monoisotopic (exact) mass is 421 g/mol. The zero-order chi connectivity index (χ0) is 21.2. The summed E-state index contributed by atoms with van der Waals surface area (Å²) in [4.78, 5) is 16.3. The van der Waals surface area contributed by atoms with Crippen LogP contribution in [0.1, 0.15) is 63.4 Å². The topological polar surface area (TPSA) is 62.7 Å². The first-order valence-corrected chi connectivity index (χ1v) is 12.2. The maximum atomic E-state index is 11.4. The number of ether oxygens (including phenoxy) is 1. The second-order valence-corrected chi connectivity index (χ2v) is 9.93. The number of allylic oxidation sites excluding steroid dienone is 1. The molecule has 0 radical (unpaired) electrons. The second-order valence-electron chi connectivity index (χ2n) is 9.93. The lowest BCUT2D eigenvalue weighted by Gasteiger charge is -2.42. The van der Waals surface area contributed by atoms with Gasteiger partial charge in [0, 0.05) is 30.1 Å². The number of carbonyl (C=O) groups is 1. The van der Waals surface area contributed by atoms with Gasteiger partial charge in [-0.15, -0.1) is 0 Å². The molecule has 0 bridgehead atoms. The van der Waals surface area contributed by atoms with Crippen molar-refractivity contribution in [2.24, 2.45) is 28.7 Å². The molecule has 3 atom stereocenters. The van der Waals surface area contributed by atoms with Crippen molar-refractivity contribution in [2.75, 3.05) is 19.0 Å². The molecule has 3 unspecified atom stereocenters. The fourth-order valence-corrected chi connectivity index (χ4v) is 6.07. The molecule has 1 aromatic carbocycles. The van der Waals surface area contributed by atoms with Crippen LogP contribution in [0.5, 0.6) is 0 Å². The third kappa shape index (κ3) is 4.72. The average Bonchev–Trinajstić information content (AvgIpc) is 3.56. The van der Waals surface area contributed by atoms with Gasteiger partial charge in [0.1, 0.15) is 0 Å². The number of benzene rings is 1. The van der Waals surface area contributed by atoms with E-state index >= 15 is 0 Å². The van der Waals surface area contributed by atoms with E-state index in [0.717, 1.165) is 35.8 Å². The number of carbonyl (C=O) groups excluding carboxylic acids is 1. The van der Waals surface area contributed by atoms with Gasteiger partial charge in [-0.3, -0.25) is 10.3 Å². The zero-order valence-corrected chi connectivity index (χ0v) is 18.6. The molecule has 5 heteroatoms. The molecule has 1 saturated heterocycles. The minimum absolute atomic E-state index is 0.445. The summed E-state index contributed by atoms with van der Waals surface area (Å²) in [6, 6.07) is 8.40. The van der Waals surface area contributed by atoms with Gasteiger partial charge in [-0.25, -0.2) is 4.79 Å². The summed E-state index contributed by atoms with van der Waals surface area (Å²) in [7, 11) is 1.37. The third-order valence-corrected chi connectivity index (χ3v) is 7.95. The molecular formula is C26H35N3O2. The summed E-state index contributed by atoms with van der Waals surface area (Å²) in [6.45, 7) is 1.17. The highest BCUT2D eigenvalue weighted by Gasteiger charge is 2.44. The normalized spacial score (nSPS) is 29.3. The number of aliphatic imine (C=N–C) groups is 1. The van der Waals surface area contributed by atoms with Crippen LogP contribution in [0, 0.1) is 23.7 Å². The smallest absolute Gasteiger partial charge is 0.411 e. The van der Waals surface area contributed by atoms with Crippen LogP contribution in [-0.4, -0.2) is 31.5 Å². The first-order valence-electron chi connectivity index (χ1n) is 12.2. The Balaban J connectivity index is 1.21. The van der Waals surface area contributed by atoms with Crippen molar-refractivity contribution in [1.29, 1.82) is 0 Å². The minimum Gasteiger partial charge on any atom is -0.453 e. The number of anilines is 1. The van der Waals surface area contributed by atoms with Crippen molar-refractivity contribution in [1.82, 2.24) is 5.32 Å². The van der Waals surface area contributed by atoms with Crippen LogP contribution in [0.3, 0.4) is 0 Å². The molecule has 0 aromatic heterocycles. The quantitative estimate of drug-likeness (QED) is 0.647. The Kier molecular flexibility index (Phi) is 6.13. The highest BCUT2D eigenvalue weighted by molar-refractivity contribution is 6.02. The molecule has 2 aliphatic carbocycles. The fraction of sp³-hybridized carbons (Fsp3) is 0.615. The lowest BCUT2D eigenvalue weighted by molar-refractivity contribution is 0.148. The van der Waals surface area contributed by atoms with Crippen LogP contribution in [-0.2, 0) is 4.74 Å².